The van der Waals surface area contributed by atoms with Gasteiger partial charge in [0.15, 0.2) is 5.76 Å². The van der Waals surface area contributed by atoms with Crippen molar-refractivity contribution in [3.8, 4) is 0 Å². The molecule has 1 aliphatic rings. The number of aryl methyl sites for hydroxylation is 1. The van der Waals surface area contributed by atoms with E-state index in [9.17, 15) is 13.2 Å². The summed E-state index contributed by atoms with van der Waals surface area (Å²) in [6, 6.07) is 1.17. The van der Waals surface area contributed by atoms with E-state index in [4.69, 9.17) is 9.56 Å². The summed E-state index contributed by atoms with van der Waals surface area (Å²) in [7, 11) is -3.88. The summed E-state index contributed by atoms with van der Waals surface area (Å²) in [5.41, 5.74) is 0.0469. The number of primary sulfonamides is 1. The summed E-state index contributed by atoms with van der Waals surface area (Å²) in [5, 5.41) is 11.1. The molecule has 1 aromatic rings. The number of nitrogens with one attached hydrogen (secondary N) is 2. The lowest BCUT2D eigenvalue weighted by Gasteiger charge is -2.33. The fraction of sp³-hybridized carbons (Fsp3) is 0.615. The minimum Gasteiger partial charge on any atom is -0.455 e. The molecule has 0 radical (unpaired) electrons. The Morgan fingerprint density at radius 2 is 2.10 bits per heavy atom. The van der Waals surface area contributed by atoms with Gasteiger partial charge in [0.1, 0.15) is 10.7 Å². The van der Waals surface area contributed by atoms with E-state index in [0.29, 0.717) is 6.54 Å². The molecule has 1 saturated heterocycles. The lowest BCUT2D eigenvalue weighted by molar-refractivity contribution is 0.0893. The normalized spacial score (nSPS) is 18.4. The van der Waals surface area contributed by atoms with Gasteiger partial charge in [-0.05, 0) is 38.3 Å². The molecule has 1 amide bonds. The average Bonchev–Trinajstić information content (AvgIpc) is 2.79. The predicted molar refractivity (Wildman–Crippen MR) is 77.4 cm³/mol. The molecule has 2 heterocycles. The van der Waals surface area contributed by atoms with Crippen LogP contribution in [0.25, 0.3) is 0 Å². The van der Waals surface area contributed by atoms with Crippen molar-refractivity contribution in [1.82, 2.24) is 10.6 Å². The molecule has 7 nitrogen and oxygen atoms in total. The van der Waals surface area contributed by atoms with Crippen LogP contribution < -0.4 is 15.8 Å². The van der Waals surface area contributed by atoms with Crippen molar-refractivity contribution in [2.45, 2.75) is 31.6 Å². The number of furan rings is 1. The van der Waals surface area contributed by atoms with Crippen LogP contribution in [0.15, 0.2) is 15.4 Å². The first-order chi connectivity index (χ1) is 9.71. The average molecular weight is 315 g/mol. The highest BCUT2D eigenvalue weighted by molar-refractivity contribution is 7.89. The summed E-state index contributed by atoms with van der Waals surface area (Å²) in [6.45, 7) is 5.98. The van der Waals surface area contributed by atoms with E-state index in [1.165, 1.54) is 13.0 Å². The van der Waals surface area contributed by atoms with E-state index in [1.807, 2.05) is 0 Å². The van der Waals surface area contributed by atoms with E-state index < -0.39 is 15.9 Å². The van der Waals surface area contributed by atoms with Gasteiger partial charge in [-0.2, -0.15) is 0 Å². The Labute approximate surface area is 124 Å². The van der Waals surface area contributed by atoms with Crippen molar-refractivity contribution >= 4 is 15.9 Å². The van der Waals surface area contributed by atoms with Gasteiger partial charge in [0, 0.05) is 12.6 Å². The van der Waals surface area contributed by atoms with Gasteiger partial charge in [0.05, 0.1) is 0 Å². The fourth-order valence-electron chi connectivity index (χ4n) is 2.45. The third-order valence-electron chi connectivity index (χ3n) is 3.89. The number of carbonyl (C=O) groups is 1. The standard InChI is InChI=1S/C13H21N3O4S/c1-9-11(21(14,18)19)7-10(20-9)12(17)16-8-13(2)3-5-15-6-4-13/h7,15H,3-6,8H2,1-2H3,(H,16,17)(H2,14,18,19). The molecule has 0 atom stereocenters. The zero-order valence-electron chi connectivity index (χ0n) is 12.2. The van der Waals surface area contributed by atoms with Crippen LogP contribution in [-0.4, -0.2) is 34.0 Å². The third-order valence-corrected chi connectivity index (χ3v) is 4.91. The van der Waals surface area contributed by atoms with Crippen LogP contribution in [0.5, 0.6) is 0 Å². The predicted octanol–water partition coefficient (Wildman–Crippen LogP) is 0.355. The summed E-state index contributed by atoms with van der Waals surface area (Å²) >= 11 is 0. The monoisotopic (exact) mass is 315 g/mol. The number of hydrogen-bond acceptors (Lipinski definition) is 5. The Kier molecular flexibility index (Phi) is 4.40. The number of piperidine rings is 1. The maximum atomic E-state index is 12.1. The van der Waals surface area contributed by atoms with E-state index in [1.54, 1.807) is 0 Å². The zero-order valence-corrected chi connectivity index (χ0v) is 13.0. The van der Waals surface area contributed by atoms with Crippen molar-refractivity contribution in [3.63, 3.8) is 0 Å². The van der Waals surface area contributed by atoms with E-state index in [2.05, 4.69) is 17.6 Å². The second kappa shape index (κ2) is 5.78. The molecular weight excluding hydrogens is 294 g/mol. The SMILES string of the molecule is Cc1oc(C(=O)NCC2(C)CCNCC2)cc1S(N)(=O)=O. The molecule has 0 aromatic carbocycles. The molecule has 0 aliphatic carbocycles. The topological polar surface area (TPSA) is 114 Å². The molecule has 2 rings (SSSR count). The Morgan fingerprint density at radius 1 is 1.48 bits per heavy atom. The molecule has 4 N–H and O–H groups in total. The van der Waals surface area contributed by atoms with Crippen LogP contribution in [0.4, 0.5) is 0 Å². The van der Waals surface area contributed by atoms with E-state index in [0.717, 1.165) is 25.9 Å². The van der Waals surface area contributed by atoms with Crippen molar-refractivity contribution < 1.29 is 17.6 Å². The summed E-state index contributed by atoms with van der Waals surface area (Å²) in [5.74, 6) is -0.336. The Hall–Kier alpha value is -1.38. The third kappa shape index (κ3) is 3.84. The van der Waals surface area contributed by atoms with Crippen LogP contribution >= 0.6 is 0 Å². The molecule has 1 aliphatic heterocycles. The minimum absolute atomic E-state index is 0.0333. The quantitative estimate of drug-likeness (QED) is 0.742. The molecule has 1 aromatic heterocycles. The number of amides is 1. The van der Waals surface area contributed by atoms with Gasteiger partial charge in [-0.1, -0.05) is 6.92 Å². The van der Waals surface area contributed by atoms with Crippen LogP contribution in [0.1, 0.15) is 36.1 Å². The number of hydrogen-bond donors (Lipinski definition) is 3. The van der Waals surface area contributed by atoms with E-state index >= 15 is 0 Å². The number of nitrogens with two attached hydrogens (primary N) is 1. The summed E-state index contributed by atoms with van der Waals surface area (Å²) in [4.78, 5) is 11.9. The molecule has 0 unspecified atom stereocenters. The second-order valence-electron chi connectivity index (χ2n) is 5.82. The number of carbonyl (C=O) groups excluding carboxylic acids is 1. The molecular formula is C13H21N3O4S. The van der Waals surface area contributed by atoms with Crippen LogP contribution in [0.3, 0.4) is 0 Å². The second-order valence-corrected chi connectivity index (χ2v) is 7.35. The molecule has 8 heteroatoms. The van der Waals surface area contributed by atoms with Gasteiger partial charge in [0.2, 0.25) is 10.0 Å². The molecule has 0 spiro atoms. The van der Waals surface area contributed by atoms with Gasteiger partial charge in [-0.3, -0.25) is 4.79 Å². The largest absolute Gasteiger partial charge is 0.455 e. The van der Waals surface area contributed by atoms with Gasteiger partial charge >= 0.3 is 0 Å². The Bertz CT molecular complexity index is 630. The zero-order chi connectivity index (χ0) is 15.7. The van der Waals surface area contributed by atoms with Gasteiger partial charge in [-0.25, -0.2) is 13.6 Å². The van der Waals surface area contributed by atoms with Gasteiger partial charge in [-0.15, -0.1) is 0 Å². The van der Waals surface area contributed by atoms with E-state index in [-0.39, 0.29) is 21.8 Å². The van der Waals surface area contributed by atoms with Crippen molar-refractivity contribution in [2.24, 2.45) is 10.6 Å². The first-order valence-corrected chi connectivity index (χ1v) is 8.38. The minimum atomic E-state index is -3.88. The van der Waals surface area contributed by atoms with Gasteiger partial charge < -0.3 is 15.1 Å². The van der Waals surface area contributed by atoms with Crippen LogP contribution in [0.2, 0.25) is 0 Å². The Morgan fingerprint density at radius 3 is 2.62 bits per heavy atom. The molecule has 1 fully saturated rings. The van der Waals surface area contributed by atoms with Crippen molar-refractivity contribution in [1.29, 1.82) is 0 Å². The first kappa shape index (κ1) is 16.0. The highest BCUT2D eigenvalue weighted by Crippen LogP contribution is 2.27. The maximum Gasteiger partial charge on any atom is 0.287 e. The fourth-order valence-corrected chi connectivity index (χ4v) is 3.16. The summed E-state index contributed by atoms with van der Waals surface area (Å²) in [6.07, 6.45) is 1.96. The molecule has 21 heavy (non-hydrogen) atoms. The molecule has 0 saturated carbocycles. The highest BCUT2D eigenvalue weighted by Gasteiger charge is 2.28. The Balaban J connectivity index is 2.04. The highest BCUT2D eigenvalue weighted by atomic mass is 32.2. The van der Waals surface area contributed by atoms with Gasteiger partial charge in [0.25, 0.3) is 5.91 Å². The lowest BCUT2D eigenvalue weighted by Crippen LogP contribution is -2.42. The van der Waals surface area contributed by atoms with Crippen LogP contribution in [0, 0.1) is 12.3 Å². The van der Waals surface area contributed by atoms with Crippen LogP contribution in [-0.2, 0) is 10.0 Å². The smallest absolute Gasteiger partial charge is 0.287 e. The summed E-state index contributed by atoms with van der Waals surface area (Å²) < 4.78 is 27.8. The number of sulfonamides is 1. The number of rotatable bonds is 4. The lowest BCUT2D eigenvalue weighted by atomic mass is 9.81. The molecule has 0 bridgehead atoms. The maximum absolute atomic E-state index is 12.1. The first-order valence-electron chi connectivity index (χ1n) is 6.83. The van der Waals surface area contributed by atoms with Crippen molar-refractivity contribution in [2.75, 3.05) is 19.6 Å². The molecule has 118 valence electrons. The van der Waals surface area contributed by atoms with Crippen molar-refractivity contribution in [3.05, 3.63) is 17.6 Å².